The zero-order chi connectivity index (χ0) is 30.1. The van der Waals surface area contributed by atoms with Gasteiger partial charge in [-0.25, -0.2) is 0 Å². The lowest BCUT2D eigenvalue weighted by Gasteiger charge is -2.35. The van der Waals surface area contributed by atoms with E-state index in [9.17, 15) is 0 Å². The minimum Gasteiger partial charge on any atom is -0.486 e. The smallest absolute Gasteiger partial charge is 0.127 e. The number of hydrogen-bond donors (Lipinski definition) is 0. The van der Waals surface area contributed by atoms with Crippen LogP contribution in [0.15, 0.2) is 151 Å². The highest BCUT2D eigenvalue weighted by Crippen LogP contribution is 2.31. The van der Waals surface area contributed by atoms with E-state index in [2.05, 4.69) is 157 Å². The molecule has 0 amide bonds. The lowest BCUT2D eigenvalue weighted by atomic mass is 10.1. The van der Waals surface area contributed by atoms with Gasteiger partial charge in [0.2, 0.25) is 0 Å². The average molecular weight is 581 g/mol. The molecule has 0 aromatic heterocycles. The van der Waals surface area contributed by atoms with Crippen molar-refractivity contribution < 1.29 is 9.47 Å². The van der Waals surface area contributed by atoms with E-state index < -0.39 is 0 Å². The number of nitrogens with zero attached hydrogens (tertiary/aromatic N) is 2. The number of allylic oxidation sites excluding steroid dienone is 4. The van der Waals surface area contributed by atoms with E-state index in [4.69, 9.17) is 9.47 Å². The minimum absolute atomic E-state index is 0.0783. The molecule has 0 bridgehead atoms. The number of anilines is 3. The summed E-state index contributed by atoms with van der Waals surface area (Å²) in [6.07, 6.45) is 17.3. The Labute approximate surface area is 261 Å². The summed E-state index contributed by atoms with van der Waals surface area (Å²) in [6.45, 7) is 5.86. The maximum Gasteiger partial charge on any atom is 0.127 e. The standard InChI is InChI=1S/C40H40N2O2/c1-31-13-21-37(22-14-31)43-39-25-17-35(18-26-39)41(33-9-5-3-6-10-33)29-30-42(34-11-7-4-8-12-34)36-19-27-40(28-20-36)44-38-23-15-32(2)16-24-38/h3-11,13-21,23-28,34,37H,12,22,29-30H2,1-2H3. The molecule has 0 radical (unpaired) electrons. The molecule has 2 atom stereocenters. The van der Waals surface area contributed by atoms with Gasteiger partial charge in [-0.15, -0.1) is 0 Å². The fourth-order valence-corrected chi connectivity index (χ4v) is 5.63. The van der Waals surface area contributed by atoms with Gasteiger partial charge < -0.3 is 19.3 Å². The molecule has 44 heavy (non-hydrogen) atoms. The molecule has 0 aliphatic heterocycles. The van der Waals surface area contributed by atoms with Crippen LogP contribution < -0.4 is 19.3 Å². The molecule has 4 aromatic carbocycles. The monoisotopic (exact) mass is 580 g/mol. The molecule has 0 heterocycles. The molecule has 4 nitrogen and oxygen atoms in total. The third-order valence-corrected chi connectivity index (χ3v) is 8.10. The second-order valence-corrected chi connectivity index (χ2v) is 11.4. The van der Waals surface area contributed by atoms with Crippen LogP contribution in [0.4, 0.5) is 17.1 Å². The molecule has 0 saturated heterocycles. The fourth-order valence-electron chi connectivity index (χ4n) is 5.63. The summed E-state index contributed by atoms with van der Waals surface area (Å²) in [4.78, 5) is 4.88. The summed E-state index contributed by atoms with van der Waals surface area (Å²) in [7, 11) is 0. The molecule has 0 spiro atoms. The van der Waals surface area contributed by atoms with Crippen LogP contribution in [0.1, 0.15) is 25.3 Å². The second kappa shape index (κ2) is 14.0. The van der Waals surface area contributed by atoms with Gasteiger partial charge in [0.05, 0.1) is 6.04 Å². The van der Waals surface area contributed by atoms with Crippen molar-refractivity contribution in [3.8, 4) is 17.2 Å². The van der Waals surface area contributed by atoms with Gasteiger partial charge in [0.15, 0.2) is 0 Å². The normalized spacial score (nSPS) is 17.2. The number of para-hydroxylation sites is 1. The third-order valence-electron chi connectivity index (χ3n) is 8.10. The van der Waals surface area contributed by atoms with Crippen LogP contribution in [0, 0.1) is 6.92 Å². The topological polar surface area (TPSA) is 24.9 Å². The van der Waals surface area contributed by atoms with E-state index in [1.165, 1.54) is 16.8 Å². The lowest BCUT2D eigenvalue weighted by Crippen LogP contribution is -2.39. The number of rotatable bonds is 11. The fraction of sp³-hybridized carbons (Fsp3) is 0.200. The molecule has 0 fully saturated rings. The van der Waals surface area contributed by atoms with Crippen LogP contribution in [0.3, 0.4) is 0 Å². The molecule has 4 heteroatoms. The summed E-state index contributed by atoms with van der Waals surface area (Å²) in [6, 6.07) is 36.0. The summed E-state index contributed by atoms with van der Waals surface area (Å²) >= 11 is 0. The first-order valence-electron chi connectivity index (χ1n) is 15.5. The SMILES string of the molecule is CC1=CCC(Oc2ccc(N(CCN(c3ccc(Oc4ccc(C)cc4)cc3)C3C=CC=CC3)c3ccccc3)cc2)C=C1. The Bertz CT molecular complexity index is 1620. The molecular formula is C40H40N2O2. The Kier molecular flexibility index (Phi) is 9.27. The first-order chi connectivity index (χ1) is 21.6. The van der Waals surface area contributed by atoms with Gasteiger partial charge in [0.1, 0.15) is 23.4 Å². The highest BCUT2D eigenvalue weighted by Gasteiger charge is 2.20. The summed E-state index contributed by atoms with van der Waals surface area (Å²) < 4.78 is 12.4. The third kappa shape index (κ3) is 7.51. The second-order valence-electron chi connectivity index (χ2n) is 11.4. The summed E-state index contributed by atoms with van der Waals surface area (Å²) in [5, 5.41) is 0. The Balaban J connectivity index is 1.20. The Morgan fingerprint density at radius 3 is 1.95 bits per heavy atom. The van der Waals surface area contributed by atoms with Gasteiger partial charge in [0, 0.05) is 36.6 Å². The Morgan fingerprint density at radius 2 is 1.30 bits per heavy atom. The van der Waals surface area contributed by atoms with Gasteiger partial charge in [-0.2, -0.15) is 0 Å². The van der Waals surface area contributed by atoms with Crippen LogP contribution in [-0.4, -0.2) is 25.2 Å². The molecule has 4 aromatic rings. The Hall–Kier alpha value is -4.96. The van der Waals surface area contributed by atoms with Gasteiger partial charge in [0.25, 0.3) is 0 Å². The van der Waals surface area contributed by atoms with E-state index in [-0.39, 0.29) is 12.1 Å². The first-order valence-corrected chi connectivity index (χ1v) is 15.5. The number of ether oxygens (including phenoxy) is 2. The number of hydrogen-bond acceptors (Lipinski definition) is 4. The van der Waals surface area contributed by atoms with Gasteiger partial charge in [-0.05, 0) is 99.1 Å². The molecule has 2 unspecified atom stereocenters. The van der Waals surface area contributed by atoms with Crippen molar-refractivity contribution in [1.29, 1.82) is 0 Å². The highest BCUT2D eigenvalue weighted by molar-refractivity contribution is 5.64. The summed E-state index contributed by atoms with van der Waals surface area (Å²) in [5.41, 5.74) is 5.99. The van der Waals surface area contributed by atoms with Crippen LogP contribution in [0.2, 0.25) is 0 Å². The molecule has 0 N–H and O–H groups in total. The molecule has 222 valence electrons. The number of aryl methyl sites for hydroxylation is 1. The van der Waals surface area contributed by atoms with E-state index in [1.54, 1.807) is 0 Å². The maximum absolute atomic E-state index is 6.25. The van der Waals surface area contributed by atoms with Gasteiger partial charge >= 0.3 is 0 Å². The van der Waals surface area contributed by atoms with E-state index >= 15 is 0 Å². The van der Waals surface area contributed by atoms with Crippen LogP contribution in [0.5, 0.6) is 17.2 Å². The molecule has 0 saturated carbocycles. The minimum atomic E-state index is 0.0783. The average Bonchev–Trinajstić information content (AvgIpc) is 3.07. The van der Waals surface area contributed by atoms with Crippen molar-refractivity contribution in [1.82, 2.24) is 0 Å². The predicted molar refractivity (Wildman–Crippen MR) is 184 cm³/mol. The largest absolute Gasteiger partial charge is 0.486 e. The quantitative estimate of drug-likeness (QED) is 0.176. The van der Waals surface area contributed by atoms with Crippen LogP contribution in [-0.2, 0) is 0 Å². The molecule has 2 aliphatic rings. The van der Waals surface area contributed by atoms with Gasteiger partial charge in [-0.1, -0.05) is 77.9 Å². The molecule has 6 rings (SSSR count). The molecular weight excluding hydrogens is 540 g/mol. The zero-order valence-corrected chi connectivity index (χ0v) is 25.6. The highest BCUT2D eigenvalue weighted by atomic mass is 16.5. The zero-order valence-electron chi connectivity index (χ0n) is 25.6. The van der Waals surface area contributed by atoms with Crippen molar-refractivity contribution in [3.05, 3.63) is 157 Å². The van der Waals surface area contributed by atoms with Crippen molar-refractivity contribution in [3.63, 3.8) is 0 Å². The first kappa shape index (κ1) is 29.1. The van der Waals surface area contributed by atoms with Gasteiger partial charge in [-0.3, -0.25) is 0 Å². The van der Waals surface area contributed by atoms with Crippen LogP contribution in [0.25, 0.3) is 0 Å². The molecule has 2 aliphatic carbocycles. The van der Waals surface area contributed by atoms with E-state index in [0.717, 1.165) is 54.6 Å². The van der Waals surface area contributed by atoms with Crippen molar-refractivity contribution >= 4 is 17.1 Å². The van der Waals surface area contributed by atoms with Crippen molar-refractivity contribution in [2.24, 2.45) is 0 Å². The predicted octanol–water partition coefficient (Wildman–Crippen LogP) is 9.97. The van der Waals surface area contributed by atoms with E-state index in [0.29, 0.717) is 0 Å². The van der Waals surface area contributed by atoms with E-state index in [1.807, 2.05) is 12.1 Å². The lowest BCUT2D eigenvalue weighted by molar-refractivity contribution is 0.251. The van der Waals surface area contributed by atoms with Crippen LogP contribution >= 0.6 is 0 Å². The maximum atomic E-state index is 6.25. The Morgan fingerprint density at radius 1 is 0.636 bits per heavy atom. The number of benzene rings is 4. The van der Waals surface area contributed by atoms with Crippen molar-refractivity contribution in [2.45, 2.75) is 38.8 Å². The summed E-state index contributed by atoms with van der Waals surface area (Å²) in [5.74, 6) is 2.57. The van der Waals surface area contributed by atoms with Crippen molar-refractivity contribution in [2.75, 3.05) is 22.9 Å².